The SMILES string of the molecule is Cc1cccc(CC(=O)Nc2ccc(N3CCOCC3=O)cc2)c1. The highest BCUT2D eigenvalue weighted by Gasteiger charge is 2.19. The van der Waals surface area contributed by atoms with Crippen LogP contribution < -0.4 is 10.2 Å². The fraction of sp³-hybridized carbons (Fsp3) is 0.263. The summed E-state index contributed by atoms with van der Waals surface area (Å²) in [6, 6.07) is 15.2. The Labute approximate surface area is 141 Å². The highest BCUT2D eigenvalue weighted by atomic mass is 16.5. The first-order valence-electron chi connectivity index (χ1n) is 7.95. The maximum absolute atomic E-state index is 12.1. The maximum Gasteiger partial charge on any atom is 0.253 e. The van der Waals surface area contributed by atoms with Crippen LogP contribution in [0.15, 0.2) is 48.5 Å². The van der Waals surface area contributed by atoms with Crippen LogP contribution in [0.1, 0.15) is 11.1 Å². The number of aryl methyl sites for hydroxylation is 1. The Bertz CT molecular complexity index is 741. The van der Waals surface area contributed by atoms with Crippen molar-refractivity contribution >= 4 is 23.2 Å². The third kappa shape index (κ3) is 4.00. The van der Waals surface area contributed by atoms with Crippen LogP contribution >= 0.6 is 0 Å². The highest BCUT2D eigenvalue weighted by molar-refractivity contribution is 5.96. The normalized spacial score (nSPS) is 14.5. The van der Waals surface area contributed by atoms with Gasteiger partial charge in [-0.25, -0.2) is 0 Å². The van der Waals surface area contributed by atoms with Gasteiger partial charge in [-0.15, -0.1) is 0 Å². The van der Waals surface area contributed by atoms with E-state index in [1.54, 1.807) is 4.90 Å². The number of hydrogen-bond acceptors (Lipinski definition) is 3. The van der Waals surface area contributed by atoms with E-state index in [4.69, 9.17) is 4.74 Å². The molecule has 0 spiro atoms. The van der Waals surface area contributed by atoms with Crippen molar-refractivity contribution in [3.63, 3.8) is 0 Å². The monoisotopic (exact) mass is 324 g/mol. The van der Waals surface area contributed by atoms with Crippen LogP contribution in [0.2, 0.25) is 0 Å². The van der Waals surface area contributed by atoms with Crippen molar-refractivity contribution in [2.75, 3.05) is 30.0 Å². The fourth-order valence-electron chi connectivity index (χ4n) is 2.73. The second-order valence-electron chi connectivity index (χ2n) is 5.86. The summed E-state index contributed by atoms with van der Waals surface area (Å²) in [6.45, 7) is 3.22. The second kappa shape index (κ2) is 7.27. The minimum Gasteiger partial charge on any atom is -0.370 e. The van der Waals surface area contributed by atoms with E-state index in [0.717, 1.165) is 22.5 Å². The lowest BCUT2D eigenvalue weighted by atomic mass is 10.1. The molecule has 124 valence electrons. The van der Waals surface area contributed by atoms with E-state index in [9.17, 15) is 9.59 Å². The lowest BCUT2D eigenvalue weighted by Crippen LogP contribution is -2.41. The maximum atomic E-state index is 12.1. The molecule has 0 radical (unpaired) electrons. The van der Waals surface area contributed by atoms with Gasteiger partial charge in [0.25, 0.3) is 5.91 Å². The Morgan fingerprint density at radius 2 is 2.00 bits per heavy atom. The van der Waals surface area contributed by atoms with Gasteiger partial charge in [0.15, 0.2) is 0 Å². The summed E-state index contributed by atoms with van der Waals surface area (Å²) in [5, 5.41) is 2.88. The Morgan fingerprint density at radius 3 is 2.71 bits per heavy atom. The first-order chi connectivity index (χ1) is 11.6. The molecular formula is C19H20N2O3. The summed E-state index contributed by atoms with van der Waals surface area (Å²) in [7, 11) is 0. The molecule has 1 N–H and O–H groups in total. The number of ether oxygens (including phenoxy) is 1. The molecule has 0 atom stereocenters. The number of morpholine rings is 1. The number of anilines is 2. The summed E-state index contributed by atoms with van der Waals surface area (Å²) < 4.78 is 5.13. The molecular weight excluding hydrogens is 304 g/mol. The molecule has 24 heavy (non-hydrogen) atoms. The van der Waals surface area contributed by atoms with E-state index in [-0.39, 0.29) is 18.4 Å². The summed E-state index contributed by atoms with van der Waals surface area (Å²) in [5.74, 6) is -0.103. The van der Waals surface area contributed by atoms with Crippen LogP contribution in [0.3, 0.4) is 0 Å². The molecule has 0 unspecified atom stereocenters. The average Bonchev–Trinajstić information content (AvgIpc) is 2.56. The smallest absolute Gasteiger partial charge is 0.253 e. The van der Waals surface area contributed by atoms with E-state index in [2.05, 4.69) is 5.32 Å². The summed E-state index contributed by atoms with van der Waals surface area (Å²) in [5.41, 5.74) is 3.67. The van der Waals surface area contributed by atoms with Crippen molar-refractivity contribution in [3.05, 3.63) is 59.7 Å². The number of nitrogens with one attached hydrogen (secondary N) is 1. The Kier molecular flexibility index (Phi) is 4.91. The zero-order valence-electron chi connectivity index (χ0n) is 13.6. The van der Waals surface area contributed by atoms with Crippen LogP contribution in [0.5, 0.6) is 0 Å². The average molecular weight is 324 g/mol. The molecule has 0 bridgehead atoms. The van der Waals surface area contributed by atoms with Crippen molar-refractivity contribution in [1.29, 1.82) is 0 Å². The van der Waals surface area contributed by atoms with Crippen LogP contribution in [0.4, 0.5) is 11.4 Å². The Morgan fingerprint density at radius 1 is 1.21 bits per heavy atom. The predicted molar refractivity (Wildman–Crippen MR) is 93.1 cm³/mol. The number of carbonyl (C=O) groups is 2. The van der Waals surface area contributed by atoms with Crippen molar-refractivity contribution in [2.24, 2.45) is 0 Å². The lowest BCUT2D eigenvalue weighted by Gasteiger charge is -2.26. The summed E-state index contributed by atoms with van der Waals surface area (Å²) in [4.78, 5) is 25.7. The van der Waals surface area contributed by atoms with Crippen molar-refractivity contribution in [3.8, 4) is 0 Å². The lowest BCUT2D eigenvalue weighted by molar-refractivity contribution is -0.125. The molecule has 2 amide bonds. The molecule has 1 aliphatic heterocycles. The quantitative estimate of drug-likeness (QED) is 0.940. The van der Waals surface area contributed by atoms with Crippen LogP contribution in [0.25, 0.3) is 0 Å². The van der Waals surface area contributed by atoms with Gasteiger partial charge in [-0.1, -0.05) is 29.8 Å². The van der Waals surface area contributed by atoms with Crippen LogP contribution in [-0.2, 0) is 20.7 Å². The van der Waals surface area contributed by atoms with E-state index in [1.807, 2.05) is 55.5 Å². The molecule has 0 aromatic heterocycles. The van der Waals surface area contributed by atoms with Crippen LogP contribution in [-0.4, -0.2) is 31.6 Å². The number of hydrogen-bond donors (Lipinski definition) is 1. The third-order valence-corrected chi connectivity index (χ3v) is 3.90. The molecule has 5 nitrogen and oxygen atoms in total. The topological polar surface area (TPSA) is 58.6 Å². The number of benzene rings is 2. The van der Waals surface area contributed by atoms with Gasteiger partial charge >= 0.3 is 0 Å². The van der Waals surface area contributed by atoms with Gasteiger partial charge in [-0.3, -0.25) is 9.59 Å². The zero-order valence-corrected chi connectivity index (χ0v) is 13.6. The van der Waals surface area contributed by atoms with Gasteiger partial charge in [0.1, 0.15) is 6.61 Å². The number of rotatable bonds is 4. The molecule has 2 aromatic carbocycles. The van der Waals surface area contributed by atoms with E-state index < -0.39 is 0 Å². The van der Waals surface area contributed by atoms with Crippen molar-refractivity contribution in [1.82, 2.24) is 0 Å². The van der Waals surface area contributed by atoms with Gasteiger partial charge in [-0.2, -0.15) is 0 Å². The molecule has 3 rings (SSSR count). The largest absolute Gasteiger partial charge is 0.370 e. The number of amides is 2. The minimum atomic E-state index is -0.0594. The van der Waals surface area contributed by atoms with Crippen molar-refractivity contribution in [2.45, 2.75) is 13.3 Å². The molecule has 1 saturated heterocycles. The zero-order chi connectivity index (χ0) is 16.9. The van der Waals surface area contributed by atoms with Crippen LogP contribution in [0, 0.1) is 6.92 Å². The first kappa shape index (κ1) is 16.2. The fourth-order valence-corrected chi connectivity index (χ4v) is 2.73. The van der Waals surface area contributed by atoms with Gasteiger partial charge in [0.2, 0.25) is 5.91 Å². The Hall–Kier alpha value is -2.66. The molecule has 5 heteroatoms. The first-order valence-corrected chi connectivity index (χ1v) is 7.95. The third-order valence-electron chi connectivity index (χ3n) is 3.90. The second-order valence-corrected chi connectivity index (χ2v) is 5.86. The number of carbonyl (C=O) groups excluding carboxylic acids is 2. The van der Waals surface area contributed by atoms with E-state index in [0.29, 0.717) is 19.6 Å². The molecule has 1 aliphatic rings. The molecule has 1 fully saturated rings. The molecule has 1 heterocycles. The predicted octanol–water partition coefficient (Wildman–Crippen LogP) is 2.54. The molecule has 0 saturated carbocycles. The molecule has 2 aromatic rings. The van der Waals surface area contributed by atoms with Crippen molar-refractivity contribution < 1.29 is 14.3 Å². The standard InChI is InChI=1S/C19H20N2O3/c1-14-3-2-4-15(11-14)12-18(22)20-16-5-7-17(8-6-16)21-9-10-24-13-19(21)23/h2-8,11H,9-10,12-13H2,1H3,(H,20,22). The Balaban J connectivity index is 1.61. The summed E-state index contributed by atoms with van der Waals surface area (Å²) >= 11 is 0. The van der Waals surface area contributed by atoms with Gasteiger partial charge in [-0.05, 0) is 36.8 Å². The van der Waals surface area contributed by atoms with Gasteiger partial charge in [0, 0.05) is 17.9 Å². The van der Waals surface area contributed by atoms with Gasteiger partial charge < -0.3 is 15.0 Å². The van der Waals surface area contributed by atoms with E-state index in [1.165, 1.54) is 0 Å². The summed E-state index contributed by atoms with van der Waals surface area (Å²) in [6.07, 6.45) is 0.339. The van der Waals surface area contributed by atoms with E-state index >= 15 is 0 Å². The minimum absolute atomic E-state index is 0.0440. The number of nitrogens with zero attached hydrogens (tertiary/aromatic N) is 1. The molecule has 0 aliphatic carbocycles. The van der Waals surface area contributed by atoms with Gasteiger partial charge in [0.05, 0.1) is 13.0 Å². The highest BCUT2D eigenvalue weighted by Crippen LogP contribution is 2.19.